The minimum absolute atomic E-state index is 0.0561. The van der Waals surface area contributed by atoms with Gasteiger partial charge in [0.05, 0.1) is 35.8 Å². The summed E-state index contributed by atoms with van der Waals surface area (Å²) in [5, 5.41) is 4.75. The molecule has 4 aromatic rings. The molecule has 2 aromatic carbocycles. The van der Waals surface area contributed by atoms with E-state index < -0.39 is 23.7 Å². The number of carbonyl (C=O) groups excluding carboxylic acids is 1. The zero-order valence-corrected chi connectivity index (χ0v) is 27.1. The van der Waals surface area contributed by atoms with E-state index in [2.05, 4.69) is 15.9 Å². The largest absolute Gasteiger partial charge is 0.491 e. The van der Waals surface area contributed by atoms with Crippen molar-refractivity contribution in [1.82, 2.24) is 24.2 Å². The number of nitrogens with zero attached hydrogens (tertiary/aromatic N) is 5. The summed E-state index contributed by atoms with van der Waals surface area (Å²) in [6.45, 7) is 8.40. The highest BCUT2D eigenvalue weighted by Gasteiger charge is 2.36. The molecule has 0 unspecified atom stereocenters. The smallest absolute Gasteiger partial charge is 0.417 e. The molecule has 238 valence electrons. The number of fused-ring (bicyclic) bond motifs is 1. The zero-order valence-electron chi connectivity index (χ0n) is 25.5. The maximum absolute atomic E-state index is 14.2. The molecule has 0 fully saturated rings. The molecule has 0 saturated heterocycles. The van der Waals surface area contributed by atoms with Gasteiger partial charge in [-0.05, 0) is 74.7 Å². The molecule has 1 aliphatic heterocycles. The number of amides is 1. The number of carbonyl (C=O) groups is 1. The van der Waals surface area contributed by atoms with Gasteiger partial charge in [-0.1, -0.05) is 29.8 Å². The Bertz CT molecular complexity index is 1780. The van der Waals surface area contributed by atoms with Crippen molar-refractivity contribution < 1.29 is 27.4 Å². The van der Waals surface area contributed by atoms with Crippen LogP contribution in [-0.4, -0.2) is 56.5 Å². The summed E-state index contributed by atoms with van der Waals surface area (Å²) in [6, 6.07) is 11.9. The number of alkyl halides is 3. The van der Waals surface area contributed by atoms with E-state index in [9.17, 15) is 22.8 Å². The van der Waals surface area contributed by atoms with Crippen LogP contribution in [0.2, 0.25) is 0 Å². The molecular weight excluding hydrogens is 655 g/mol. The van der Waals surface area contributed by atoms with Crippen molar-refractivity contribution in [1.29, 1.82) is 0 Å². The fraction of sp³-hybridized carbons (Fsp3) is 0.375. The Kier molecular flexibility index (Phi) is 9.22. The number of methoxy groups -OCH3 is 1. The van der Waals surface area contributed by atoms with Crippen molar-refractivity contribution in [2.45, 2.75) is 58.8 Å². The van der Waals surface area contributed by atoms with Gasteiger partial charge in [0.25, 0.3) is 11.5 Å². The van der Waals surface area contributed by atoms with Crippen LogP contribution in [-0.2, 0) is 23.9 Å². The van der Waals surface area contributed by atoms with E-state index in [1.807, 2.05) is 26.8 Å². The average Bonchev–Trinajstić information content (AvgIpc) is 3.39. The lowest BCUT2D eigenvalue weighted by Crippen LogP contribution is -2.46. The van der Waals surface area contributed by atoms with Crippen LogP contribution in [0, 0.1) is 6.92 Å². The van der Waals surface area contributed by atoms with Gasteiger partial charge in [0.1, 0.15) is 12.4 Å². The van der Waals surface area contributed by atoms with E-state index in [1.165, 1.54) is 21.6 Å². The van der Waals surface area contributed by atoms with Crippen LogP contribution >= 0.6 is 15.9 Å². The highest BCUT2D eigenvalue weighted by Crippen LogP contribution is 2.36. The first-order chi connectivity index (χ1) is 21.3. The van der Waals surface area contributed by atoms with E-state index in [4.69, 9.17) is 19.6 Å². The SMILES string of the molecule is COCCOc1ccc(-n2c(-n3nc(C(C)C)cc3C)nc3c(c2=O)C[C@@H](C)N(C(=O)c2ccc(Br)c(C(F)(F)F)c2)C3)cc1. The first-order valence-electron chi connectivity index (χ1n) is 14.4. The van der Waals surface area contributed by atoms with Gasteiger partial charge in [0.15, 0.2) is 0 Å². The number of halogens is 4. The standard InChI is InChI=1S/C32H33BrF3N5O4/c1-18(2)27-15-20(4)41(38-27)31-37-28-17-39(29(42)21-6-11-26(33)25(16-21)32(34,35)36)19(3)14-24(28)30(43)40(31)22-7-9-23(10-8-22)45-13-12-44-5/h6-11,15-16,18-19H,12-14,17H2,1-5H3/t19-/m1/s1. The van der Waals surface area contributed by atoms with Gasteiger partial charge >= 0.3 is 6.18 Å². The lowest BCUT2D eigenvalue weighted by atomic mass is 9.98. The summed E-state index contributed by atoms with van der Waals surface area (Å²) in [4.78, 5) is 34.2. The maximum atomic E-state index is 14.2. The maximum Gasteiger partial charge on any atom is 0.417 e. The summed E-state index contributed by atoms with van der Waals surface area (Å²) in [5.41, 5.74) is 1.55. The summed E-state index contributed by atoms with van der Waals surface area (Å²) < 4.78 is 54.4. The topological polar surface area (TPSA) is 91.5 Å². The highest BCUT2D eigenvalue weighted by molar-refractivity contribution is 9.10. The molecule has 0 radical (unpaired) electrons. The van der Waals surface area contributed by atoms with Crippen LogP contribution in [0.15, 0.2) is 57.8 Å². The van der Waals surface area contributed by atoms with Gasteiger partial charge in [-0.25, -0.2) is 14.2 Å². The van der Waals surface area contributed by atoms with Crippen LogP contribution in [0.3, 0.4) is 0 Å². The van der Waals surface area contributed by atoms with Gasteiger partial charge in [-0.3, -0.25) is 9.59 Å². The number of aryl methyl sites for hydroxylation is 1. The van der Waals surface area contributed by atoms with Gasteiger partial charge in [0, 0.05) is 34.4 Å². The van der Waals surface area contributed by atoms with E-state index in [1.54, 1.807) is 43.0 Å². The number of benzene rings is 2. The molecule has 1 amide bonds. The number of rotatable bonds is 8. The Hall–Kier alpha value is -3.97. The lowest BCUT2D eigenvalue weighted by molar-refractivity contribution is -0.138. The molecule has 1 atom stereocenters. The summed E-state index contributed by atoms with van der Waals surface area (Å²) in [6.07, 6.45) is -4.47. The van der Waals surface area contributed by atoms with Crippen molar-refractivity contribution in [2.75, 3.05) is 20.3 Å². The molecule has 13 heteroatoms. The third-order valence-electron chi connectivity index (χ3n) is 7.71. The number of hydrogen-bond acceptors (Lipinski definition) is 6. The summed E-state index contributed by atoms with van der Waals surface area (Å²) in [5.74, 6) is 0.382. The van der Waals surface area contributed by atoms with Crippen LogP contribution in [0.4, 0.5) is 13.2 Å². The molecule has 3 heterocycles. The summed E-state index contributed by atoms with van der Waals surface area (Å²) in [7, 11) is 1.59. The molecule has 2 aromatic heterocycles. The van der Waals surface area contributed by atoms with Crippen LogP contribution in [0.1, 0.15) is 65.3 Å². The van der Waals surface area contributed by atoms with Gasteiger partial charge in [-0.15, -0.1) is 0 Å². The predicted octanol–water partition coefficient (Wildman–Crippen LogP) is 6.24. The molecule has 0 N–H and O–H groups in total. The predicted molar refractivity (Wildman–Crippen MR) is 165 cm³/mol. The molecule has 1 aliphatic rings. The second-order valence-electron chi connectivity index (χ2n) is 11.3. The van der Waals surface area contributed by atoms with Crippen molar-refractivity contribution in [3.05, 3.63) is 97.1 Å². The molecule has 9 nitrogen and oxygen atoms in total. The number of aromatic nitrogens is 4. The van der Waals surface area contributed by atoms with E-state index >= 15 is 0 Å². The third kappa shape index (κ3) is 6.55. The third-order valence-corrected chi connectivity index (χ3v) is 8.41. The Morgan fingerprint density at radius 2 is 1.82 bits per heavy atom. The van der Waals surface area contributed by atoms with E-state index in [0.29, 0.717) is 35.9 Å². The van der Waals surface area contributed by atoms with E-state index in [-0.39, 0.29) is 40.4 Å². The number of ether oxygens (including phenoxy) is 2. The first-order valence-corrected chi connectivity index (χ1v) is 15.2. The average molecular weight is 689 g/mol. The number of hydrogen-bond donors (Lipinski definition) is 0. The molecule has 5 rings (SSSR count). The Labute approximate surface area is 266 Å². The lowest BCUT2D eigenvalue weighted by Gasteiger charge is -2.34. The quantitative estimate of drug-likeness (QED) is 0.204. The van der Waals surface area contributed by atoms with Crippen molar-refractivity contribution in [3.8, 4) is 17.4 Å². The second-order valence-corrected chi connectivity index (χ2v) is 12.1. The molecular formula is C32H33BrF3N5O4. The van der Waals surface area contributed by atoms with Crippen LogP contribution in [0.25, 0.3) is 11.6 Å². The minimum Gasteiger partial charge on any atom is -0.491 e. The van der Waals surface area contributed by atoms with Gasteiger partial charge in [0.2, 0.25) is 5.95 Å². The molecule has 0 saturated carbocycles. The normalized spacial score (nSPS) is 15.0. The fourth-order valence-electron chi connectivity index (χ4n) is 5.25. The molecule has 45 heavy (non-hydrogen) atoms. The Morgan fingerprint density at radius 3 is 2.44 bits per heavy atom. The van der Waals surface area contributed by atoms with E-state index in [0.717, 1.165) is 17.5 Å². The fourth-order valence-corrected chi connectivity index (χ4v) is 5.72. The Morgan fingerprint density at radius 1 is 1.11 bits per heavy atom. The second kappa shape index (κ2) is 12.8. The van der Waals surface area contributed by atoms with Crippen LogP contribution in [0.5, 0.6) is 5.75 Å². The van der Waals surface area contributed by atoms with Crippen molar-refractivity contribution in [3.63, 3.8) is 0 Å². The molecule has 0 bridgehead atoms. The summed E-state index contributed by atoms with van der Waals surface area (Å²) >= 11 is 2.93. The first kappa shape index (κ1) is 32.4. The minimum atomic E-state index is -4.64. The van der Waals surface area contributed by atoms with Gasteiger partial charge in [-0.2, -0.15) is 18.3 Å². The Balaban J connectivity index is 1.60. The molecule has 0 aliphatic carbocycles. The van der Waals surface area contributed by atoms with Crippen LogP contribution < -0.4 is 10.3 Å². The van der Waals surface area contributed by atoms with Gasteiger partial charge < -0.3 is 14.4 Å². The monoisotopic (exact) mass is 687 g/mol. The van der Waals surface area contributed by atoms with Crippen molar-refractivity contribution >= 4 is 21.8 Å². The molecule has 0 spiro atoms. The zero-order chi connectivity index (χ0) is 32.6. The van der Waals surface area contributed by atoms with Crippen molar-refractivity contribution in [2.24, 2.45) is 0 Å². The highest BCUT2D eigenvalue weighted by atomic mass is 79.9.